The highest BCUT2D eigenvalue weighted by atomic mass is 79.9. The summed E-state index contributed by atoms with van der Waals surface area (Å²) in [6.07, 6.45) is 4.93. The highest BCUT2D eigenvalue weighted by molar-refractivity contribution is 9.10. The van der Waals surface area contributed by atoms with Crippen LogP contribution in [-0.2, 0) is 10.0 Å². The number of aromatic nitrogens is 2. The molecule has 1 aromatic carbocycles. The number of nitrogens with one attached hydrogen (secondary N) is 1. The van der Waals surface area contributed by atoms with Gasteiger partial charge < -0.3 is 4.90 Å². The minimum Gasteiger partial charge on any atom is -0.356 e. The monoisotopic (exact) mass is 442 g/mol. The van der Waals surface area contributed by atoms with Crippen LogP contribution < -0.4 is 9.62 Å². The van der Waals surface area contributed by atoms with Gasteiger partial charge in [-0.2, -0.15) is 0 Å². The normalized spacial score (nSPS) is 21.3. The van der Waals surface area contributed by atoms with Crippen molar-refractivity contribution in [2.24, 2.45) is 5.92 Å². The number of benzene rings is 1. The first-order chi connectivity index (χ1) is 12.4. The predicted molar refractivity (Wildman–Crippen MR) is 102 cm³/mol. The molecule has 2 fully saturated rings. The molecule has 1 N–H and O–H groups in total. The van der Waals surface area contributed by atoms with Gasteiger partial charge in [-0.05, 0) is 59.7 Å². The molecule has 1 aliphatic heterocycles. The summed E-state index contributed by atoms with van der Waals surface area (Å²) in [4.78, 5) is 10.7. The number of anilines is 1. The fraction of sp³-hybridized carbons (Fsp3) is 0.529. The van der Waals surface area contributed by atoms with Crippen LogP contribution in [0, 0.1) is 11.7 Å². The van der Waals surface area contributed by atoms with Gasteiger partial charge in [-0.3, -0.25) is 0 Å². The third-order valence-electron chi connectivity index (χ3n) is 5.01. The smallest absolute Gasteiger partial charge is 0.214 e. The van der Waals surface area contributed by atoms with Crippen molar-refractivity contribution in [2.75, 3.05) is 24.5 Å². The van der Waals surface area contributed by atoms with E-state index in [9.17, 15) is 12.8 Å². The Morgan fingerprint density at radius 3 is 2.85 bits per heavy atom. The van der Waals surface area contributed by atoms with Crippen LogP contribution >= 0.6 is 15.9 Å². The molecule has 1 saturated carbocycles. The largest absolute Gasteiger partial charge is 0.356 e. The van der Waals surface area contributed by atoms with E-state index in [1.54, 1.807) is 6.07 Å². The quantitative estimate of drug-likeness (QED) is 0.770. The zero-order valence-corrected chi connectivity index (χ0v) is 16.6. The molecule has 1 aliphatic carbocycles. The predicted octanol–water partition coefficient (Wildman–Crippen LogP) is 2.83. The van der Waals surface area contributed by atoms with Crippen molar-refractivity contribution >= 4 is 42.7 Å². The molecule has 2 aliphatic rings. The van der Waals surface area contributed by atoms with E-state index >= 15 is 0 Å². The van der Waals surface area contributed by atoms with Gasteiger partial charge in [0.25, 0.3) is 0 Å². The van der Waals surface area contributed by atoms with Gasteiger partial charge in [0.2, 0.25) is 10.0 Å². The van der Waals surface area contributed by atoms with Crippen molar-refractivity contribution in [1.29, 1.82) is 0 Å². The van der Waals surface area contributed by atoms with E-state index in [1.807, 2.05) is 0 Å². The molecule has 2 aromatic rings. The van der Waals surface area contributed by atoms with Gasteiger partial charge in [0.05, 0.1) is 15.2 Å². The van der Waals surface area contributed by atoms with Crippen molar-refractivity contribution in [3.63, 3.8) is 0 Å². The molecule has 140 valence electrons. The lowest BCUT2D eigenvalue weighted by atomic mass is 9.98. The summed E-state index contributed by atoms with van der Waals surface area (Å²) in [5.41, 5.74) is 0.680. The van der Waals surface area contributed by atoms with E-state index in [0.717, 1.165) is 32.2 Å². The summed E-state index contributed by atoms with van der Waals surface area (Å²) in [7, 11) is -3.16. The number of sulfonamides is 1. The van der Waals surface area contributed by atoms with Crippen molar-refractivity contribution in [3.8, 4) is 0 Å². The highest BCUT2D eigenvalue weighted by Gasteiger charge is 2.36. The maximum Gasteiger partial charge on any atom is 0.214 e. The Hall–Kier alpha value is -1.32. The Labute approximate surface area is 160 Å². The average molecular weight is 443 g/mol. The van der Waals surface area contributed by atoms with Crippen LogP contribution in [0.15, 0.2) is 22.9 Å². The van der Waals surface area contributed by atoms with E-state index in [-0.39, 0.29) is 17.0 Å². The Morgan fingerprint density at radius 2 is 2.08 bits per heavy atom. The summed E-state index contributed by atoms with van der Waals surface area (Å²) in [5.74, 6) is 0.568. The zero-order chi connectivity index (χ0) is 18.3. The van der Waals surface area contributed by atoms with Gasteiger partial charge in [-0.1, -0.05) is 0 Å². The van der Waals surface area contributed by atoms with Crippen molar-refractivity contribution in [1.82, 2.24) is 14.7 Å². The molecule has 0 amide bonds. The maximum absolute atomic E-state index is 14.0. The Balaban J connectivity index is 1.52. The molecule has 1 aromatic heterocycles. The average Bonchev–Trinajstić information content (AvgIpc) is 3.47. The van der Waals surface area contributed by atoms with Crippen LogP contribution in [0.2, 0.25) is 0 Å². The standard InChI is InChI=1S/C17H20BrFN4O2S/c18-14-7-16-13(6-15(14)19)17(21-10-20-16)23-5-1-2-11(9-23)8-22-26(24,25)12-3-4-12/h6-7,10-12,22H,1-5,8-9H2. The zero-order valence-electron chi connectivity index (χ0n) is 14.2. The molecule has 1 saturated heterocycles. The Morgan fingerprint density at radius 1 is 1.27 bits per heavy atom. The summed E-state index contributed by atoms with van der Waals surface area (Å²) < 4.78 is 41.2. The Kier molecular flexibility index (Phi) is 4.87. The summed E-state index contributed by atoms with van der Waals surface area (Å²) in [6, 6.07) is 3.11. The fourth-order valence-electron chi connectivity index (χ4n) is 3.44. The minimum absolute atomic E-state index is 0.200. The third-order valence-corrected chi connectivity index (χ3v) is 7.54. The highest BCUT2D eigenvalue weighted by Crippen LogP contribution is 2.31. The van der Waals surface area contributed by atoms with E-state index in [4.69, 9.17) is 0 Å². The fourth-order valence-corrected chi connectivity index (χ4v) is 5.24. The van der Waals surface area contributed by atoms with Crippen molar-refractivity contribution < 1.29 is 12.8 Å². The molecule has 26 heavy (non-hydrogen) atoms. The molecular formula is C17H20BrFN4O2S. The van der Waals surface area contributed by atoms with E-state index < -0.39 is 10.0 Å². The van der Waals surface area contributed by atoms with Gasteiger partial charge in [0.15, 0.2) is 0 Å². The van der Waals surface area contributed by atoms with Crippen molar-refractivity contribution in [3.05, 3.63) is 28.7 Å². The number of nitrogens with zero attached hydrogens (tertiary/aromatic N) is 3. The number of hydrogen-bond acceptors (Lipinski definition) is 5. The van der Waals surface area contributed by atoms with Crippen LogP contribution in [0.1, 0.15) is 25.7 Å². The molecule has 2 heterocycles. The lowest BCUT2D eigenvalue weighted by Crippen LogP contribution is -2.42. The first-order valence-corrected chi connectivity index (χ1v) is 11.1. The number of hydrogen-bond donors (Lipinski definition) is 1. The summed E-state index contributed by atoms with van der Waals surface area (Å²) in [6.45, 7) is 1.95. The van der Waals surface area contributed by atoms with Gasteiger partial charge in [-0.25, -0.2) is 27.5 Å². The molecule has 0 radical (unpaired) electrons. The second-order valence-electron chi connectivity index (χ2n) is 7.03. The molecule has 1 atom stereocenters. The minimum atomic E-state index is -3.16. The molecular weight excluding hydrogens is 423 g/mol. The van der Waals surface area contributed by atoms with Gasteiger partial charge in [0, 0.05) is 25.0 Å². The second kappa shape index (κ2) is 7.01. The van der Waals surface area contributed by atoms with E-state index in [1.165, 1.54) is 12.4 Å². The van der Waals surface area contributed by atoms with Gasteiger partial charge >= 0.3 is 0 Å². The first kappa shape index (κ1) is 18.1. The maximum atomic E-state index is 14.0. The van der Waals surface area contributed by atoms with Gasteiger partial charge in [0.1, 0.15) is 18.0 Å². The van der Waals surface area contributed by atoms with Crippen LogP contribution in [0.4, 0.5) is 10.2 Å². The second-order valence-corrected chi connectivity index (χ2v) is 9.93. The number of rotatable bonds is 5. The third kappa shape index (κ3) is 3.70. The number of fused-ring (bicyclic) bond motifs is 1. The molecule has 1 unspecified atom stereocenters. The number of halogens is 2. The Bertz CT molecular complexity index is 936. The SMILES string of the molecule is O=S(=O)(NCC1CCCN(c2ncnc3cc(Br)c(F)cc23)C1)C1CC1. The summed E-state index contributed by atoms with van der Waals surface area (Å²) >= 11 is 3.19. The van der Waals surface area contributed by atoms with E-state index in [0.29, 0.717) is 34.3 Å². The molecule has 6 nitrogen and oxygen atoms in total. The van der Waals surface area contributed by atoms with Crippen LogP contribution in [-0.4, -0.2) is 43.3 Å². The van der Waals surface area contributed by atoms with E-state index in [2.05, 4.69) is 35.5 Å². The first-order valence-electron chi connectivity index (χ1n) is 8.77. The summed E-state index contributed by atoms with van der Waals surface area (Å²) in [5, 5.41) is 0.474. The van der Waals surface area contributed by atoms with Crippen LogP contribution in [0.3, 0.4) is 0 Å². The molecule has 0 bridgehead atoms. The molecule has 4 rings (SSSR count). The van der Waals surface area contributed by atoms with Gasteiger partial charge in [-0.15, -0.1) is 0 Å². The van der Waals surface area contributed by atoms with Crippen LogP contribution in [0.25, 0.3) is 10.9 Å². The van der Waals surface area contributed by atoms with Crippen LogP contribution in [0.5, 0.6) is 0 Å². The topological polar surface area (TPSA) is 75.2 Å². The lowest BCUT2D eigenvalue weighted by Gasteiger charge is -2.34. The lowest BCUT2D eigenvalue weighted by molar-refractivity contribution is 0.409. The molecule has 0 spiro atoms. The van der Waals surface area contributed by atoms with Crippen molar-refractivity contribution in [2.45, 2.75) is 30.9 Å². The number of piperidine rings is 1. The molecule has 9 heteroatoms.